The lowest BCUT2D eigenvalue weighted by molar-refractivity contribution is 1.12. The van der Waals surface area contributed by atoms with Gasteiger partial charge in [0.15, 0.2) is 0 Å². The second kappa shape index (κ2) is 2.78. The Labute approximate surface area is 88.5 Å². The van der Waals surface area contributed by atoms with E-state index >= 15 is 0 Å². The third kappa shape index (κ3) is 1.04. The van der Waals surface area contributed by atoms with Crippen molar-refractivity contribution in [2.24, 2.45) is 0 Å². The summed E-state index contributed by atoms with van der Waals surface area (Å²) in [4.78, 5) is 8.71. The van der Waals surface area contributed by atoms with E-state index in [4.69, 9.17) is 0 Å². The average Bonchev–Trinajstić information content (AvgIpc) is 2.59. The van der Waals surface area contributed by atoms with Gasteiger partial charge in [0.25, 0.3) is 0 Å². The topological polar surface area (TPSA) is 30.2 Å². The summed E-state index contributed by atoms with van der Waals surface area (Å²) in [5, 5.41) is 1.07. The number of benzene rings is 1. The van der Waals surface area contributed by atoms with Crippen molar-refractivity contribution < 1.29 is 0 Å². The molecule has 0 unspecified atom stereocenters. The maximum atomic E-state index is 4.38. The van der Waals surface area contributed by atoms with Gasteiger partial charge in [-0.25, -0.2) is 9.97 Å². The van der Waals surface area contributed by atoms with E-state index in [2.05, 4.69) is 25.9 Å². The van der Waals surface area contributed by atoms with E-state index in [1.165, 1.54) is 0 Å². The van der Waals surface area contributed by atoms with Gasteiger partial charge in [-0.1, -0.05) is 12.1 Å². The van der Waals surface area contributed by atoms with Crippen LogP contribution in [-0.4, -0.2) is 14.4 Å². The first-order valence-corrected chi connectivity index (χ1v) is 5.02. The summed E-state index contributed by atoms with van der Waals surface area (Å²) in [7, 11) is 0. The molecule has 0 aliphatic heterocycles. The number of hydrogen-bond donors (Lipinski definition) is 0. The summed E-state index contributed by atoms with van der Waals surface area (Å²) in [6.07, 6.45) is 3.67. The van der Waals surface area contributed by atoms with Crippen molar-refractivity contribution >= 4 is 32.5 Å². The molecule has 0 aliphatic carbocycles. The summed E-state index contributed by atoms with van der Waals surface area (Å²) >= 11 is 3.35. The van der Waals surface area contributed by atoms with Crippen molar-refractivity contribution in [2.45, 2.75) is 0 Å². The normalized spacial score (nSPS) is 11.2. The molecule has 0 saturated heterocycles. The lowest BCUT2D eigenvalue weighted by Gasteiger charge is -1.97. The number of hydrogen-bond acceptors (Lipinski definition) is 2. The molecule has 2 aromatic heterocycles. The summed E-state index contributed by atoms with van der Waals surface area (Å²) in [5.41, 5.74) is 1.90. The molecule has 3 aromatic rings. The Bertz CT molecular complexity index is 615. The molecule has 0 spiro atoms. The van der Waals surface area contributed by atoms with Crippen LogP contribution in [0.5, 0.6) is 0 Å². The van der Waals surface area contributed by atoms with Crippen LogP contribution < -0.4 is 0 Å². The lowest BCUT2D eigenvalue weighted by atomic mass is 10.2. The summed E-state index contributed by atoms with van der Waals surface area (Å²) in [6.45, 7) is 0. The summed E-state index contributed by atoms with van der Waals surface area (Å²) in [5.74, 6) is 0. The minimum Gasteiger partial charge on any atom is -0.289 e. The molecule has 3 rings (SSSR count). The van der Waals surface area contributed by atoms with E-state index in [0.717, 1.165) is 21.2 Å². The highest BCUT2D eigenvalue weighted by Crippen LogP contribution is 2.18. The van der Waals surface area contributed by atoms with E-state index in [-0.39, 0.29) is 0 Å². The van der Waals surface area contributed by atoms with E-state index in [1.54, 1.807) is 6.33 Å². The Hall–Kier alpha value is -1.42. The molecule has 4 heteroatoms. The van der Waals surface area contributed by atoms with Crippen molar-refractivity contribution in [3.05, 3.63) is 41.4 Å². The molecule has 0 radical (unpaired) electrons. The Kier molecular flexibility index (Phi) is 1.58. The van der Waals surface area contributed by atoms with Gasteiger partial charge in [-0.2, -0.15) is 0 Å². The van der Waals surface area contributed by atoms with Gasteiger partial charge in [0.2, 0.25) is 0 Å². The van der Waals surface area contributed by atoms with Crippen LogP contribution in [0.1, 0.15) is 0 Å². The van der Waals surface area contributed by atoms with Crippen LogP contribution in [0, 0.1) is 0 Å². The predicted octanol–water partition coefficient (Wildman–Crippen LogP) is 2.65. The second-order valence-electron chi connectivity index (χ2n) is 3.06. The van der Waals surface area contributed by atoms with Crippen molar-refractivity contribution in [2.75, 3.05) is 0 Å². The van der Waals surface area contributed by atoms with Gasteiger partial charge < -0.3 is 0 Å². The molecule has 68 valence electrons. The minimum absolute atomic E-state index is 0.829. The zero-order chi connectivity index (χ0) is 9.54. The summed E-state index contributed by atoms with van der Waals surface area (Å²) < 4.78 is 2.74. The first-order chi connectivity index (χ1) is 6.84. The van der Waals surface area contributed by atoms with Crippen molar-refractivity contribution in [3.63, 3.8) is 0 Å². The van der Waals surface area contributed by atoms with Crippen LogP contribution in [0.2, 0.25) is 0 Å². The largest absolute Gasteiger partial charge is 0.289 e. The molecule has 1 aromatic carbocycles. The molecule has 0 amide bonds. The monoisotopic (exact) mass is 247 g/mol. The fourth-order valence-corrected chi connectivity index (χ4v) is 1.94. The maximum absolute atomic E-state index is 4.38. The molecule has 0 aliphatic rings. The molecule has 0 atom stereocenters. The van der Waals surface area contributed by atoms with Crippen LogP contribution >= 0.6 is 15.9 Å². The van der Waals surface area contributed by atoms with Gasteiger partial charge >= 0.3 is 0 Å². The minimum atomic E-state index is 0.829. The molecule has 14 heavy (non-hydrogen) atoms. The zero-order valence-electron chi connectivity index (χ0n) is 7.18. The third-order valence-electron chi connectivity index (χ3n) is 2.17. The number of nitrogens with zero attached hydrogens (tertiary/aromatic N) is 3. The highest BCUT2D eigenvalue weighted by molar-refractivity contribution is 9.10. The summed E-state index contributed by atoms with van der Waals surface area (Å²) in [6, 6.07) is 7.98. The molecule has 0 saturated carbocycles. The molecule has 0 fully saturated rings. The van der Waals surface area contributed by atoms with Crippen LogP contribution in [0.4, 0.5) is 0 Å². The molecular weight excluding hydrogens is 242 g/mol. The van der Waals surface area contributed by atoms with Crippen LogP contribution in [-0.2, 0) is 0 Å². The number of imidazole rings is 1. The van der Waals surface area contributed by atoms with Crippen LogP contribution in [0.15, 0.2) is 41.4 Å². The number of fused-ring (bicyclic) bond motifs is 3. The highest BCUT2D eigenvalue weighted by atomic mass is 79.9. The molecule has 3 nitrogen and oxygen atoms in total. The Morgan fingerprint density at radius 3 is 3.00 bits per heavy atom. The molecular formula is C10H6BrN3. The number of para-hydroxylation sites is 1. The predicted molar refractivity (Wildman–Crippen MR) is 58.2 cm³/mol. The Morgan fingerprint density at radius 2 is 2.07 bits per heavy atom. The number of aromatic nitrogens is 3. The molecule has 0 N–H and O–H groups in total. The maximum Gasteiger partial charge on any atom is 0.148 e. The SMILES string of the molecule is Brc1cn2cnc3ccccc3c2n1. The van der Waals surface area contributed by atoms with Crippen molar-refractivity contribution in [1.82, 2.24) is 14.4 Å². The van der Waals surface area contributed by atoms with Gasteiger partial charge in [0.05, 0.1) is 5.52 Å². The van der Waals surface area contributed by atoms with Gasteiger partial charge in [0.1, 0.15) is 16.6 Å². The lowest BCUT2D eigenvalue weighted by Crippen LogP contribution is -1.87. The first kappa shape index (κ1) is 7.94. The standard InChI is InChI=1S/C10H6BrN3/c11-9-5-14-6-12-8-4-2-1-3-7(8)10(14)13-9/h1-6H. The van der Waals surface area contributed by atoms with Gasteiger partial charge in [-0.05, 0) is 28.1 Å². The van der Waals surface area contributed by atoms with Gasteiger partial charge in [-0.15, -0.1) is 0 Å². The van der Waals surface area contributed by atoms with Gasteiger partial charge in [0, 0.05) is 11.6 Å². The Balaban J connectivity index is 2.60. The van der Waals surface area contributed by atoms with Crippen LogP contribution in [0.25, 0.3) is 16.6 Å². The molecule has 2 heterocycles. The van der Waals surface area contributed by atoms with E-state index in [0.29, 0.717) is 0 Å². The zero-order valence-corrected chi connectivity index (χ0v) is 8.77. The fraction of sp³-hybridized carbons (Fsp3) is 0. The quantitative estimate of drug-likeness (QED) is 0.612. The van der Waals surface area contributed by atoms with E-state index in [1.807, 2.05) is 34.9 Å². The van der Waals surface area contributed by atoms with Crippen molar-refractivity contribution in [3.8, 4) is 0 Å². The van der Waals surface area contributed by atoms with Crippen LogP contribution in [0.3, 0.4) is 0 Å². The smallest absolute Gasteiger partial charge is 0.148 e. The number of halogens is 1. The Morgan fingerprint density at radius 1 is 1.21 bits per heavy atom. The van der Waals surface area contributed by atoms with E-state index < -0.39 is 0 Å². The van der Waals surface area contributed by atoms with Gasteiger partial charge in [-0.3, -0.25) is 4.40 Å². The van der Waals surface area contributed by atoms with Crippen molar-refractivity contribution in [1.29, 1.82) is 0 Å². The molecule has 0 bridgehead atoms. The average molecular weight is 248 g/mol. The second-order valence-corrected chi connectivity index (χ2v) is 3.87. The third-order valence-corrected chi connectivity index (χ3v) is 2.55. The fourth-order valence-electron chi connectivity index (χ4n) is 1.55. The number of rotatable bonds is 0. The van der Waals surface area contributed by atoms with E-state index in [9.17, 15) is 0 Å². The first-order valence-electron chi connectivity index (χ1n) is 4.22. The highest BCUT2D eigenvalue weighted by Gasteiger charge is 2.03.